The molecule has 1 aromatic heterocycles. The molecule has 0 aliphatic heterocycles. The molecule has 0 aliphatic carbocycles. The Hall–Kier alpha value is -1.14. The molecule has 0 fully saturated rings. The molecule has 1 amide bonds. The number of carbonyl (C=O) groups is 1. The Morgan fingerprint density at radius 2 is 2.22 bits per heavy atom. The zero-order valence-electron chi connectivity index (χ0n) is 11.2. The molecule has 0 aliphatic rings. The smallest absolute Gasteiger partial charge is 0.242 e. The lowest BCUT2D eigenvalue weighted by atomic mass is 9.99. The zero-order chi connectivity index (χ0) is 13.7. The van der Waals surface area contributed by atoms with E-state index in [0.717, 1.165) is 12.1 Å². The van der Waals surface area contributed by atoms with Crippen LogP contribution in [0.3, 0.4) is 0 Å². The first-order valence-corrected chi connectivity index (χ1v) is 7.16. The van der Waals surface area contributed by atoms with Gasteiger partial charge >= 0.3 is 0 Å². The number of amides is 1. The van der Waals surface area contributed by atoms with Crippen LogP contribution in [0, 0.1) is 12.8 Å². The number of hydrogen-bond acceptors (Lipinski definition) is 5. The zero-order valence-corrected chi connectivity index (χ0v) is 12.0. The molecular formula is C12H20N4OS. The Kier molecular flexibility index (Phi) is 5.55. The molecule has 0 unspecified atom stereocenters. The summed E-state index contributed by atoms with van der Waals surface area (Å²) in [4.78, 5) is 20.4. The topological polar surface area (TPSA) is 80.9 Å². The van der Waals surface area contributed by atoms with Crippen LogP contribution in [0.2, 0.25) is 0 Å². The third-order valence-electron chi connectivity index (χ3n) is 2.83. The summed E-state index contributed by atoms with van der Waals surface area (Å²) in [7, 11) is 0. The van der Waals surface area contributed by atoms with Crippen molar-refractivity contribution in [3.05, 3.63) is 11.8 Å². The van der Waals surface area contributed by atoms with E-state index in [4.69, 9.17) is 5.73 Å². The highest BCUT2D eigenvalue weighted by molar-refractivity contribution is 7.98. The molecule has 100 valence electrons. The lowest BCUT2D eigenvalue weighted by Crippen LogP contribution is -2.40. The van der Waals surface area contributed by atoms with Crippen molar-refractivity contribution in [3.8, 4) is 0 Å². The fraction of sp³-hybridized carbons (Fsp3) is 0.583. The Labute approximate surface area is 112 Å². The van der Waals surface area contributed by atoms with Gasteiger partial charge in [0.05, 0.1) is 6.04 Å². The summed E-state index contributed by atoms with van der Waals surface area (Å²) < 4.78 is 0. The van der Waals surface area contributed by atoms with Crippen molar-refractivity contribution in [1.29, 1.82) is 0 Å². The van der Waals surface area contributed by atoms with Crippen molar-refractivity contribution in [2.45, 2.75) is 38.4 Å². The standard InChI is InChI=1S/C12H20N4OS/c1-5-7(2)10(13)11(17)15-9-6-8(3)14-12(16-9)18-4/h6-7,10H,5,13H2,1-4H3,(H,14,15,16,17)/t7-,10-/m0/s1. The molecule has 18 heavy (non-hydrogen) atoms. The van der Waals surface area contributed by atoms with Crippen molar-refractivity contribution >= 4 is 23.5 Å². The van der Waals surface area contributed by atoms with Gasteiger partial charge in [-0.05, 0) is 19.1 Å². The maximum atomic E-state index is 11.9. The van der Waals surface area contributed by atoms with Crippen molar-refractivity contribution in [1.82, 2.24) is 9.97 Å². The highest BCUT2D eigenvalue weighted by atomic mass is 32.2. The number of anilines is 1. The molecule has 6 heteroatoms. The first-order valence-electron chi connectivity index (χ1n) is 5.94. The number of nitrogens with two attached hydrogens (primary N) is 1. The van der Waals surface area contributed by atoms with Crippen molar-refractivity contribution in [2.24, 2.45) is 11.7 Å². The minimum atomic E-state index is -0.511. The Morgan fingerprint density at radius 1 is 1.56 bits per heavy atom. The Morgan fingerprint density at radius 3 is 2.78 bits per heavy atom. The number of aromatic nitrogens is 2. The van der Waals surface area contributed by atoms with Crippen LogP contribution in [0.5, 0.6) is 0 Å². The normalized spacial score (nSPS) is 14.1. The predicted octanol–water partition coefficient (Wildman–Crippen LogP) is 1.82. The summed E-state index contributed by atoms with van der Waals surface area (Å²) in [5, 5.41) is 3.39. The third kappa shape index (κ3) is 3.96. The average molecular weight is 268 g/mol. The van der Waals surface area contributed by atoms with E-state index in [9.17, 15) is 4.79 Å². The number of aryl methyl sites for hydroxylation is 1. The molecule has 2 atom stereocenters. The van der Waals surface area contributed by atoms with Crippen LogP contribution >= 0.6 is 11.8 Å². The fourth-order valence-corrected chi connectivity index (χ4v) is 1.84. The first kappa shape index (κ1) is 14.9. The van der Waals surface area contributed by atoms with E-state index in [0.29, 0.717) is 11.0 Å². The van der Waals surface area contributed by atoms with Crippen molar-refractivity contribution < 1.29 is 4.79 Å². The first-order chi connectivity index (χ1) is 8.47. The highest BCUT2D eigenvalue weighted by Crippen LogP contribution is 2.14. The maximum Gasteiger partial charge on any atom is 0.242 e. The van der Waals surface area contributed by atoms with Crippen LogP contribution in [-0.2, 0) is 4.79 Å². The summed E-state index contributed by atoms with van der Waals surface area (Å²) in [6, 6.07) is 1.23. The Bertz CT molecular complexity index is 425. The monoisotopic (exact) mass is 268 g/mol. The van der Waals surface area contributed by atoms with Crippen molar-refractivity contribution in [2.75, 3.05) is 11.6 Å². The van der Waals surface area contributed by atoms with E-state index in [1.807, 2.05) is 27.0 Å². The van der Waals surface area contributed by atoms with Crippen LogP contribution in [0.4, 0.5) is 5.82 Å². The van der Waals surface area contributed by atoms with Gasteiger partial charge in [0.15, 0.2) is 5.16 Å². The van der Waals surface area contributed by atoms with Gasteiger partial charge in [-0.2, -0.15) is 0 Å². The quantitative estimate of drug-likeness (QED) is 0.629. The van der Waals surface area contributed by atoms with Crippen LogP contribution in [0.25, 0.3) is 0 Å². The second kappa shape index (κ2) is 6.70. The Balaban J connectivity index is 2.78. The molecule has 0 radical (unpaired) electrons. The summed E-state index contributed by atoms with van der Waals surface area (Å²) in [5.74, 6) is 0.457. The average Bonchev–Trinajstić information content (AvgIpc) is 2.35. The predicted molar refractivity (Wildman–Crippen MR) is 74.6 cm³/mol. The van der Waals surface area contributed by atoms with Gasteiger partial charge in [0, 0.05) is 11.8 Å². The van der Waals surface area contributed by atoms with Crippen molar-refractivity contribution in [3.63, 3.8) is 0 Å². The molecule has 3 N–H and O–H groups in total. The summed E-state index contributed by atoms with van der Waals surface area (Å²) in [5.41, 5.74) is 6.69. The molecule has 0 spiro atoms. The maximum absolute atomic E-state index is 11.9. The van der Waals surface area contributed by atoms with Crippen LogP contribution in [0.15, 0.2) is 11.2 Å². The minimum Gasteiger partial charge on any atom is -0.320 e. The molecule has 0 saturated heterocycles. The van der Waals surface area contributed by atoms with Gasteiger partial charge in [-0.3, -0.25) is 4.79 Å². The number of nitrogens with one attached hydrogen (secondary N) is 1. The van der Waals surface area contributed by atoms with Gasteiger partial charge < -0.3 is 11.1 Å². The van der Waals surface area contributed by atoms with Gasteiger partial charge in [-0.25, -0.2) is 9.97 Å². The molecule has 0 bridgehead atoms. The van der Waals surface area contributed by atoms with Gasteiger partial charge in [0.2, 0.25) is 5.91 Å². The lowest BCUT2D eigenvalue weighted by Gasteiger charge is -2.17. The van der Waals surface area contributed by atoms with Crippen LogP contribution in [-0.4, -0.2) is 28.2 Å². The van der Waals surface area contributed by atoms with E-state index < -0.39 is 6.04 Å². The fourth-order valence-electron chi connectivity index (χ4n) is 1.42. The molecule has 1 aromatic rings. The number of rotatable bonds is 5. The largest absolute Gasteiger partial charge is 0.320 e. The SMILES string of the molecule is CC[C@H](C)[C@H](N)C(=O)Nc1cc(C)nc(SC)n1. The summed E-state index contributed by atoms with van der Waals surface area (Å²) >= 11 is 1.44. The number of carbonyl (C=O) groups excluding carboxylic acids is 1. The summed E-state index contributed by atoms with van der Waals surface area (Å²) in [6.45, 7) is 5.84. The van der Waals surface area contributed by atoms with Gasteiger partial charge in [-0.15, -0.1) is 0 Å². The lowest BCUT2D eigenvalue weighted by molar-refractivity contribution is -0.118. The van der Waals surface area contributed by atoms with Crippen LogP contribution in [0.1, 0.15) is 26.0 Å². The van der Waals surface area contributed by atoms with E-state index >= 15 is 0 Å². The number of nitrogens with zero attached hydrogens (tertiary/aromatic N) is 2. The van der Waals surface area contributed by atoms with E-state index in [1.165, 1.54) is 11.8 Å². The second-order valence-electron chi connectivity index (χ2n) is 4.28. The van der Waals surface area contributed by atoms with E-state index in [-0.39, 0.29) is 11.8 Å². The van der Waals surface area contributed by atoms with Gasteiger partial charge in [0.1, 0.15) is 5.82 Å². The van der Waals surface area contributed by atoms with E-state index in [2.05, 4.69) is 15.3 Å². The van der Waals surface area contributed by atoms with Gasteiger partial charge in [-0.1, -0.05) is 32.0 Å². The summed E-state index contributed by atoms with van der Waals surface area (Å²) in [6.07, 6.45) is 2.76. The number of thioether (sulfide) groups is 1. The molecule has 1 heterocycles. The minimum absolute atomic E-state index is 0.146. The molecule has 0 saturated carbocycles. The van der Waals surface area contributed by atoms with Gasteiger partial charge in [0.25, 0.3) is 0 Å². The molecule has 0 aromatic carbocycles. The number of hydrogen-bond donors (Lipinski definition) is 2. The molecule has 5 nitrogen and oxygen atoms in total. The van der Waals surface area contributed by atoms with Crippen LogP contribution < -0.4 is 11.1 Å². The second-order valence-corrected chi connectivity index (χ2v) is 5.06. The highest BCUT2D eigenvalue weighted by Gasteiger charge is 2.20. The molecular weight excluding hydrogens is 248 g/mol. The molecule has 1 rings (SSSR count). The van der Waals surface area contributed by atoms with E-state index in [1.54, 1.807) is 6.07 Å². The third-order valence-corrected chi connectivity index (χ3v) is 3.38.